The highest BCUT2D eigenvalue weighted by Gasteiger charge is 2.51. The van der Waals surface area contributed by atoms with Crippen molar-refractivity contribution < 1.29 is 23.1 Å². The molecule has 2 bridgehead atoms. The van der Waals surface area contributed by atoms with E-state index in [1.165, 1.54) is 12.1 Å². The first kappa shape index (κ1) is 30.7. The lowest BCUT2D eigenvalue weighted by Crippen LogP contribution is -2.50. The van der Waals surface area contributed by atoms with Crippen LogP contribution in [-0.2, 0) is 16.6 Å². The van der Waals surface area contributed by atoms with Crippen molar-refractivity contribution in [2.45, 2.75) is 106 Å². The summed E-state index contributed by atoms with van der Waals surface area (Å²) in [5.41, 5.74) is 0.574. The molecule has 4 atom stereocenters. The number of anilines is 1. The Kier molecular flexibility index (Phi) is 7.74. The van der Waals surface area contributed by atoms with E-state index < -0.39 is 17.3 Å². The first-order chi connectivity index (χ1) is 22.7. The van der Waals surface area contributed by atoms with Gasteiger partial charge in [-0.2, -0.15) is 13.2 Å². The fourth-order valence-corrected chi connectivity index (χ4v) is 9.54. The van der Waals surface area contributed by atoms with Gasteiger partial charge < -0.3 is 14.9 Å². The molecule has 5 aliphatic rings. The molecule has 47 heavy (non-hydrogen) atoms. The summed E-state index contributed by atoms with van der Waals surface area (Å²) in [5.74, 6) is 0.788. The number of carbonyl (C=O) groups is 1. The molecular weight excluding hydrogens is 605 g/mol. The van der Waals surface area contributed by atoms with E-state index in [0.717, 1.165) is 63.2 Å². The molecular formula is C36H41F3N6O2. The number of hydrogen-bond donors (Lipinski definition) is 1. The number of amides is 1. The van der Waals surface area contributed by atoms with Gasteiger partial charge in [0.1, 0.15) is 5.60 Å². The fourth-order valence-electron chi connectivity index (χ4n) is 9.54. The third kappa shape index (κ3) is 5.59. The Morgan fingerprint density at radius 3 is 2.23 bits per heavy atom. The molecule has 8 rings (SSSR count). The Labute approximate surface area is 273 Å². The molecule has 8 nitrogen and oxygen atoms in total. The van der Waals surface area contributed by atoms with E-state index in [1.54, 1.807) is 30.7 Å². The first-order valence-corrected chi connectivity index (χ1v) is 17.2. The summed E-state index contributed by atoms with van der Waals surface area (Å²) in [6.45, 7) is 1.73. The zero-order valence-corrected chi connectivity index (χ0v) is 26.4. The molecule has 1 N–H and O–H groups in total. The van der Waals surface area contributed by atoms with Crippen molar-refractivity contribution in [3.63, 3.8) is 0 Å². The summed E-state index contributed by atoms with van der Waals surface area (Å²) in [6.07, 6.45) is 9.03. The van der Waals surface area contributed by atoms with Gasteiger partial charge in [0.05, 0.1) is 11.3 Å². The van der Waals surface area contributed by atoms with Crippen LogP contribution in [-0.4, -0.2) is 79.1 Å². The lowest BCUT2D eigenvalue weighted by Gasteiger charge is -2.42. The number of aliphatic hydroxyl groups is 1. The number of likely N-dealkylation sites (tertiary alicyclic amines) is 2. The van der Waals surface area contributed by atoms with Crippen molar-refractivity contribution in [3.8, 4) is 11.4 Å². The Bertz CT molecular complexity index is 1580. The van der Waals surface area contributed by atoms with Crippen molar-refractivity contribution >= 4 is 11.6 Å². The number of benzene rings is 1. The number of nitrogens with zero attached hydrogens (tertiary/aromatic N) is 6. The second-order valence-corrected chi connectivity index (χ2v) is 14.3. The molecule has 2 aromatic heterocycles. The number of halogens is 3. The van der Waals surface area contributed by atoms with E-state index >= 15 is 0 Å². The molecule has 6 heterocycles. The van der Waals surface area contributed by atoms with E-state index in [-0.39, 0.29) is 30.0 Å². The summed E-state index contributed by atoms with van der Waals surface area (Å²) in [5, 5.41) is 11.6. The summed E-state index contributed by atoms with van der Waals surface area (Å²) in [6, 6.07) is 12.4. The van der Waals surface area contributed by atoms with Gasteiger partial charge in [0.25, 0.3) is 0 Å². The average Bonchev–Trinajstić information content (AvgIpc) is 3.77. The van der Waals surface area contributed by atoms with Gasteiger partial charge in [-0.3, -0.25) is 14.7 Å². The molecule has 5 fully saturated rings. The Morgan fingerprint density at radius 2 is 1.55 bits per heavy atom. The molecule has 3 aromatic rings. The SMILES string of the molecule is O=C(C1CC2CCC(C1)N2c1cccc(C(F)(F)F)c1)N1CC[C@@H]2[C@H]1CCN2C1CCC(O)(c2ccc(-c3ncccn3)cn2)CC1. The van der Waals surface area contributed by atoms with Crippen LogP contribution in [0, 0.1) is 5.92 Å². The zero-order valence-electron chi connectivity index (χ0n) is 26.4. The molecule has 1 aliphatic carbocycles. The average molecular weight is 647 g/mol. The van der Waals surface area contributed by atoms with E-state index in [9.17, 15) is 23.1 Å². The van der Waals surface area contributed by atoms with Crippen molar-refractivity contribution in [2.75, 3.05) is 18.0 Å². The third-order valence-electron chi connectivity index (χ3n) is 11.8. The van der Waals surface area contributed by atoms with Crippen molar-refractivity contribution in [2.24, 2.45) is 5.92 Å². The summed E-state index contributed by atoms with van der Waals surface area (Å²) >= 11 is 0. The minimum absolute atomic E-state index is 0.0700. The van der Waals surface area contributed by atoms with Gasteiger partial charge in [0.15, 0.2) is 5.82 Å². The normalized spacial score (nSPS) is 32.5. The minimum Gasteiger partial charge on any atom is -0.384 e. The number of pyridine rings is 1. The number of carbonyl (C=O) groups excluding carboxylic acids is 1. The maximum absolute atomic E-state index is 14.0. The maximum atomic E-state index is 14.0. The molecule has 11 heteroatoms. The van der Waals surface area contributed by atoms with Gasteiger partial charge in [-0.15, -0.1) is 0 Å². The molecule has 4 aliphatic heterocycles. The van der Waals surface area contributed by atoms with Crippen molar-refractivity contribution in [3.05, 3.63) is 72.3 Å². The van der Waals surface area contributed by atoms with E-state index in [1.807, 2.05) is 12.1 Å². The van der Waals surface area contributed by atoms with Crippen LogP contribution in [0.1, 0.15) is 75.5 Å². The molecule has 248 valence electrons. The van der Waals surface area contributed by atoms with Crippen molar-refractivity contribution in [1.29, 1.82) is 0 Å². The molecule has 1 amide bonds. The van der Waals surface area contributed by atoms with Gasteiger partial charge in [-0.1, -0.05) is 6.07 Å². The monoisotopic (exact) mass is 646 g/mol. The molecule has 1 aromatic carbocycles. The molecule has 0 spiro atoms. The van der Waals surface area contributed by atoms with Gasteiger partial charge in [0.2, 0.25) is 5.91 Å². The highest BCUT2D eigenvalue weighted by molar-refractivity contribution is 5.80. The van der Waals surface area contributed by atoms with Crippen LogP contribution in [0.15, 0.2) is 61.1 Å². The van der Waals surface area contributed by atoms with Gasteiger partial charge in [0, 0.05) is 79.1 Å². The maximum Gasteiger partial charge on any atom is 0.416 e. The highest BCUT2D eigenvalue weighted by Crippen LogP contribution is 2.46. The van der Waals surface area contributed by atoms with E-state index in [2.05, 4.69) is 29.7 Å². The van der Waals surface area contributed by atoms with Crippen LogP contribution in [0.4, 0.5) is 18.9 Å². The topological polar surface area (TPSA) is 85.7 Å². The third-order valence-corrected chi connectivity index (χ3v) is 11.8. The van der Waals surface area contributed by atoms with Gasteiger partial charge in [-0.25, -0.2) is 9.97 Å². The quantitative estimate of drug-likeness (QED) is 0.375. The van der Waals surface area contributed by atoms with Crippen LogP contribution < -0.4 is 4.90 Å². The van der Waals surface area contributed by atoms with Crippen molar-refractivity contribution in [1.82, 2.24) is 24.8 Å². The predicted molar refractivity (Wildman–Crippen MR) is 170 cm³/mol. The van der Waals surface area contributed by atoms with Gasteiger partial charge in [-0.05, 0) is 101 Å². The number of hydrogen-bond acceptors (Lipinski definition) is 7. The predicted octanol–water partition coefficient (Wildman–Crippen LogP) is 5.81. The standard InChI is InChI=1S/C36H41F3N6O2/c37-36(38,39)25-3-1-4-27(21-25)45-28-6-7-29(45)20-24(19-28)34(46)44-18-12-30-31(44)11-17-43(30)26-9-13-35(47,14-10-26)32-8-5-23(22-42-32)33-40-15-2-16-41-33/h1-5,8,15-16,21-22,24,26,28-31,47H,6-7,9-14,17-20H2/t24?,26?,28?,29?,30-,31-,35?/m1/s1. The van der Waals surface area contributed by atoms with Crippen LogP contribution >= 0.6 is 0 Å². The van der Waals surface area contributed by atoms with Crippen LogP contribution in [0.2, 0.25) is 0 Å². The van der Waals surface area contributed by atoms with Gasteiger partial charge >= 0.3 is 6.18 Å². The van der Waals surface area contributed by atoms with Crippen LogP contribution in [0.3, 0.4) is 0 Å². The lowest BCUT2D eigenvalue weighted by molar-refractivity contribution is -0.138. The summed E-state index contributed by atoms with van der Waals surface area (Å²) in [4.78, 5) is 34.1. The largest absolute Gasteiger partial charge is 0.416 e. The zero-order chi connectivity index (χ0) is 32.3. The smallest absolute Gasteiger partial charge is 0.384 e. The number of fused-ring (bicyclic) bond motifs is 3. The van der Waals surface area contributed by atoms with E-state index in [4.69, 9.17) is 0 Å². The summed E-state index contributed by atoms with van der Waals surface area (Å²) < 4.78 is 40.2. The molecule has 1 saturated carbocycles. The van der Waals surface area contributed by atoms with Crippen LogP contribution in [0.5, 0.6) is 0 Å². The fraction of sp³-hybridized carbons (Fsp3) is 0.556. The molecule has 0 radical (unpaired) electrons. The second kappa shape index (κ2) is 11.8. The minimum atomic E-state index is -4.37. The van der Waals surface area contributed by atoms with Crippen LogP contribution in [0.25, 0.3) is 11.4 Å². The Hall–Kier alpha value is -3.57. The molecule has 2 unspecified atom stereocenters. The molecule has 4 saturated heterocycles. The highest BCUT2D eigenvalue weighted by atomic mass is 19.4. The Balaban J connectivity index is 0.880. The first-order valence-electron chi connectivity index (χ1n) is 17.2. The second-order valence-electron chi connectivity index (χ2n) is 14.3. The number of alkyl halides is 3. The summed E-state index contributed by atoms with van der Waals surface area (Å²) in [7, 11) is 0. The number of piperidine rings is 1. The Morgan fingerprint density at radius 1 is 0.830 bits per heavy atom. The lowest BCUT2D eigenvalue weighted by atomic mass is 9.79. The van der Waals surface area contributed by atoms with E-state index in [0.29, 0.717) is 55.0 Å². The number of rotatable bonds is 5. The number of aromatic nitrogens is 3.